The number of hydrogen-bond acceptors (Lipinski definition) is 27. The number of benzene rings is 13. The van der Waals surface area contributed by atoms with E-state index in [0.717, 1.165) is 31.4 Å². The van der Waals surface area contributed by atoms with Crippen LogP contribution >= 0.6 is 115 Å². The molecule has 18 rings (SSSR count). The highest BCUT2D eigenvalue weighted by molar-refractivity contribution is 14.1. The number of para-hydroxylation sites is 2. The lowest BCUT2D eigenvalue weighted by atomic mass is 9.87. The van der Waals surface area contributed by atoms with Crippen molar-refractivity contribution in [2.45, 2.75) is 145 Å². The van der Waals surface area contributed by atoms with Crippen LogP contribution < -0.4 is 37.9 Å². The molecule has 5 aliphatic heterocycles. The number of hydrogen-bond donors (Lipinski definition) is 8. The van der Waals surface area contributed by atoms with Crippen molar-refractivity contribution in [3.63, 3.8) is 0 Å². The van der Waals surface area contributed by atoms with Gasteiger partial charge in [-0.1, -0.05) is 242 Å². The van der Waals surface area contributed by atoms with Crippen LogP contribution in [0.25, 0.3) is 0 Å². The molecule has 0 aliphatic carbocycles. The van der Waals surface area contributed by atoms with Crippen LogP contribution in [0, 0.1) is 64.6 Å². The molecule has 0 amide bonds. The molecule has 0 saturated carbocycles. The van der Waals surface area contributed by atoms with E-state index in [2.05, 4.69) is 64.9 Å². The Morgan fingerprint density at radius 2 is 0.687 bits per heavy atom. The fourth-order valence-electron chi connectivity index (χ4n) is 17.6. The molecule has 13 aromatic carbocycles. The Labute approximate surface area is 916 Å². The van der Waals surface area contributed by atoms with Gasteiger partial charge in [-0.25, -0.2) is 0 Å². The molecule has 5 heterocycles. The second-order valence-corrected chi connectivity index (χ2v) is 40.8. The summed E-state index contributed by atoms with van der Waals surface area (Å²) in [5.41, 5.74) is 10.0. The van der Waals surface area contributed by atoms with Gasteiger partial charge in [-0.15, -0.1) is 19.7 Å². The number of aryl methyl sites for hydroxylation is 1. The summed E-state index contributed by atoms with van der Waals surface area (Å²) in [7, 11) is 0. The molecule has 15 atom stereocenters. The zero-order valence-electron chi connectivity index (χ0n) is 79.2. The summed E-state index contributed by atoms with van der Waals surface area (Å²) < 4.78 is 49.0. The topological polar surface area (TPSA) is 468 Å². The molecule has 0 bridgehead atoms. The van der Waals surface area contributed by atoms with Gasteiger partial charge in [0.1, 0.15) is 72.4 Å². The molecular formula is C110H95Cl6I2N5O27. The van der Waals surface area contributed by atoms with Crippen LogP contribution in [0.4, 0.5) is 0 Å². The quantitative estimate of drug-likeness (QED) is 0.00410. The predicted octanol–water partition coefficient (Wildman–Crippen LogP) is 22.6. The number of carbonyl (C=O) groups is 1. The van der Waals surface area contributed by atoms with Gasteiger partial charge in [0.25, 0.3) is 0 Å². The lowest BCUT2D eigenvalue weighted by molar-refractivity contribution is -0.570. The predicted molar refractivity (Wildman–Crippen MR) is 576 cm³/mol. The second kappa shape index (κ2) is 49.0. The van der Waals surface area contributed by atoms with Crippen LogP contribution in [0.2, 0.25) is 5.02 Å². The number of carbonyl (C=O) groups excluding carboxylic acids is 1. The summed E-state index contributed by atoms with van der Waals surface area (Å²) in [6, 6.07) is 82.0. The number of nitrogens with zero attached hydrogens (tertiary/aromatic N) is 5. The van der Waals surface area contributed by atoms with E-state index >= 15 is 0 Å². The fourth-order valence-corrected chi connectivity index (χ4v) is 20.7. The highest BCUT2D eigenvalue weighted by Gasteiger charge is 2.67. The van der Waals surface area contributed by atoms with Crippen LogP contribution in [0.15, 0.2) is 323 Å². The Kier molecular flexibility index (Phi) is 36.8. The number of Topliss-reactive ketones (excluding diaryl/α,β-unsaturated/α-hetero) is 1. The van der Waals surface area contributed by atoms with E-state index in [1.54, 1.807) is 182 Å². The molecule has 0 radical (unpaired) electrons. The smallest absolute Gasteiger partial charge is 0.364 e. The van der Waals surface area contributed by atoms with Crippen molar-refractivity contribution in [1.82, 2.24) is 0 Å². The van der Waals surface area contributed by atoms with Crippen molar-refractivity contribution < 1.29 is 108 Å². The number of ketones is 1. The van der Waals surface area contributed by atoms with Crippen LogP contribution in [0.5, 0.6) is 46.0 Å². The SMILES string of the molecule is C=CCc1cc(CO)cc2c1O[C@@H](c1ccc(OCc3ccccc3)c(I)c1)[C@](Cl)([N+](=O)[O-])[C@H]2O.C=CCc1cc(CO)cc2c1O[C@@H](c1ccccc1)[C@](Cl)([N+](=O)[O-])[C@H]2O.C=CCc1cccc2c1O[C@@H](c1ccc(OCc3ccccc3)c(I)c1)[C@](Cl)([N+](=O)[O-])[C@H]2O.Cc1ccc([C@@H]2Oc3c(C(=O)CO)cc(Cl)cc3[C@H](O)[C@@]2(Cl)[N+](=O)[O-])cc1.O=[N+]([O-])[C@]1(Cl)[C@@H](O)c2ccccc2O[C@H]1c1ccc(OCc2ccccc2)cc1. The molecule has 0 unspecified atom stereocenters. The van der Waals surface area contributed by atoms with E-state index < -0.39 is 123 Å². The monoisotopic (exact) mass is 2380 g/mol. The first kappa shape index (κ1) is 113. The van der Waals surface area contributed by atoms with Gasteiger partial charge in [0.05, 0.1) is 50.5 Å². The third-order valence-corrected chi connectivity index (χ3v) is 29.9. The molecular weight excluding hydrogens is 2290 g/mol. The second-order valence-electron chi connectivity index (χ2n) is 35.0. The van der Waals surface area contributed by atoms with Crippen molar-refractivity contribution in [3.05, 3.63) is 497 Å². The van der Waals surface area contributed by atoms with Crippen LogP contribution in [0.1, 0.15) is 177 Å². The number of ether oxygens (including phenoxy) is 8. The van der Waals surface area contributed by atoms with Gasteiger partial charge in [-0.3, -0.25) is 55.4 Å². The number of aliphatic hydroxyl groups is 8. The number of halogens is 8. The number of rotatable bonds is 29. The molecule has 0 aromatic heterocycles. The number of allylic oxidation sites excluding steroid dienone is 3. The van der Waals surface area contributed by atoms with E-state index in [4.69, 9.17) is 108 Å². The summed E-state index contributed by atoms with van der Waals surface area (Å²) in [5, 5.41) is 142. The van der Waals surface area contributed by atoms with Gasteiger partial charge in [0, 0.05) is 60.7 Å². The van der Waals surface area contributed by atoms with Crippen molar-refractivity contribution in [2.75, 3.05) is 6.61 Å². The van der Waals surface area contributed by atoms with E-state index in [1.807, 2.05) is 104 Å². The highest BCUT2D eigenvalue weighted by atomic mass is 127. The van der Waals surface area contributed by atoms with E-state index in [-0.39, 0.29) is 51.8 Å². The maximum Gasteiger partial charge on any atom is 0.364 e. The van der Waals surface area contributed by atoms with Gasteiger partial charge in [0.2, 0.25) is 30.5 Å². The van der Waals surface area contributed by atoms with Crippen molar-refractivity contribution >= 4 is 121 Å². The molecule has 13 aromatic rings. The average molecular weight is 2390 g/mol. The molecule has 0 saturated heterocycles. The Balaban J connectivity index is 0.000000148. The largest absolute Gasteiger partial charge is 0.489 e. The highest BCUT2D eigenvalue weighted by Crippen LogP contribution is 2.60. The molecule has 5 aliphatic rings. The van der Waals surface area contributed by atoms with Crippen LogP contribution in [-0.4, -0.2) is 103 Å². The normalized spacial score (nSPS) is 22.6. The van der Waals surface area contributed by atoms with Crippen molar-refractivity contribution in [3.8, 4) is 46.0 Å². The number of alkyl halides is 5. The van der Waals surface area contributed by atoms with E-state index in [0.29, 0.717) is 139 Å². The molecule has 0 spiro atoms. The van der Waals surface area contributed by atoms with Gasteiger partial charge < -0.3 is 78.7 Å². The Hall–Kier alpha value is -13.0. The Morgan fingerprint density at radius 3 is 1.09 bits per heavy atom. The van der Waals surface area contributed by atoms with Gasteiger partial charge in [-0.2, -0.15) is 0 Å². The van der Waals surface area contributed by atoms with Gasteiger partial charge in [0.15, 0.2) is 36.3 Å². The standard InChI is InChI=1S/C26H23ClINO6.C25H21ClINO5.C22H18ClNO5.C19H18ClNO5.C18H15Cl2NO6/c1-2-6-18-11-17(14-30)12-20-23(18)35-25(26(27,24(20)31)29(32)33)19-9-10-22(21(28)13-19)34-15-16-7-4-3-5-8-16;1-2-7-17-10-6-11-19-22(17)33-24(25(26,23(19)29)28(30)31)18-12-13-21(20(27)14-18)32-15-16-8-4-3-5-9-16;23-22(24(26)27)20(25)18-8-4-5-9-19(18)29-21(22)16-10-12-17(13-11-16)28-14-15-6-2-1-3-7-15;1-2-6-14-9-12(11-22)10-15-16(14)26-18(13-7-4-3-5-8-13)19(20,17(15)23)21(24)25;1-9-2-4-10(5-3-9)17-18(20,21(25)26)16(24)13-7-11(19)6-12(14(23)8-22)15(13)27-17/h2-5,7-13,24-25,30-31H,1,6,14-15H2;2-6,8-14,23-24,29H,1,7,15H2;1-13,20-21,25H,14H2;2-5,7-10,17-18,22-23H,1,6,11H2;2-7,16-17,22,24H,8H2,1H3/t24-,25-,26+;23-,24-,25+;20-,21-,22+;17-,18-,19+;16-,17-,18+/m00000/s1. The van der Waals surface area contributed by atoms with E-state index in [9.17, 15) is 96.2 Å². The average Bonchev–Trinajstić information content (AvgIpc) is 0.715. The molecule has 150 heavy (non-hydrogen) atoms. The minimum Gasteiger partial charge on any atom is -0.489 e. The lowest BCUT2D eigenvalue weighted by Crippen LogP contribution is -2.49. The van der Waals surface area contributed by atoms with Crippen LogP contribution in [0.3, 0.4) is 0 Å². The molecule has 0 fully saturated rings. The zero-order chi connectivity index (χ0) is 108. The van der Waals surface area contributed by atoms with Crippen molar-refractivity contribution in [2.24, 2.45) is 0 Å². The van der Waals surface area contributed by atoms with Crippen molar-refractivity contribution in [1.29, 1.82) is 0 Å². The first-order valence-corrected chi connectivity index (χ1v) is 50.5. The summed E-state index contributed by atoms with van der Waals surface area (Å²) in [6.07, 6.45) is -8.18. The fraction of sp³-hybridized carbons (Fsp3) is 0.227. The first-order valence-electron chi connectivity index (χ1n) is 46.0. The van der Waals surface area contributed by atoms with Crippen LogP contribution in [-0.2, 0) is 52.3 Å². The Bertz CT molecular complexity index is 7160. The molecule has 40 heteroatoms. The molecule has 32 nitrogen and oxygen atoms in total. The minimum atomic E-state index is -2.44. The number of fused-ring (bicyclic) bond motifs is 5. The van der Waals surface area contributed by atoms with Gasteiger partial charge >= 0.3 is 25.0 Å². The molecule has 778 valence electrons. The number of nitro groups is 5. The summed E-state index contributed by atoms with van der Waals surface area (Å²) in [5.74, 6) is 2.46. The first-order chi connectivity index (χ1) is 71.8. The van der Waals surface area contributed by atoms with Gasteiger partial charge in [-0.05, 0) is 253 Å². The molecule has 8 N–H and O–H groups in total. The third-order valence-electron chi connectivity index (χ3n) is 25.3. The maximum atomic E-state index is 12.2. The number of aliphatic hydroxyl groups excluding tert-OH is 8. The zero-order valence-corrected chi connectivity index (χ0v) is 88.1. The lowest BCUT2D eigenvalue weighted by Gasteiger charge is -2.38. The summed E-state index contributed by atoms with van der Waals surface area (Å²) in [6.45, 7) is 12.8. The summed E-state index contributed by atoms with van der Waals surface area (Å²) >= 11 is 42.3. The van der Waals surface area contributed by atoms with E-state index in [1.165, 1.54) is 24.3 Å². The minimum absolute atomic E-state index is 0.0457. The summed E-state index contributed by atoms with van der Waals surface area (Å²) in [4.78, 5) is 56.5. The Morgan fingerprint density at radius 1 is 0.360 bits per heavy atom. The maximum absolute atomic E-state index is 12.2. The third kappa shape index (κ3) is 23.4.